The van der Waals surface area contributed by atoms with Gasteiger partial charge in [-0.15, -0.1) is 0 Å². The Hall–Kier alpha value is -7.26. The second-order valence-corrected chi connectivity index (χ2v) is 31.5. The molecule has 3 N–H and O–H groups in total. The van der Waals surface area contributed by atoms with Crippen LogP contribution in [-0.4, -0.2) is 302 Å². The van der Waals surface area contributed by atoms with Gasteiger partial charge in [0.25, 0.3) is 0 Å². The van der Waals surface area contributed by atoms with E-state index in [9.17, 15) is 55.1 Å². The summed E-state index contributed by atoms with van der Waals surface area (Å²) < 4.78 is 127. The maximum absolute atomic E-state index is 15.6. The lowest BCUT2D eigenvalue weighted by Crippen LogP contribution is -2.68. The van der Waals surface area contributed by atoms with Crippen LogP contribution in [-0.2, 0) is 67.0 Å². The first-order valence-electron chi connectivity index (χ1n) is 38.8. The number of fused-ring (bicyclic) bond motifs is 3. The van der Waals surface area contributed by atoms with E-state index in [2.05, 4.69) is 16.0 Å². The van der Waals surface area contributed by atoms with Gasteiger partial charge in [-0.25, -0.2) is 8.78 Å². The number of nitrogens with zero attached hydrogens (tertiary/aromatic N) is 9. The quantitative estimate of drug-likeness (QED) is 0.130. The summed E-state index contributed by atoms with van der Waals surface area (Å²) in [4.78, 5) is 191. The van der Waals surface area contributed by atoms with Crippen molar-refractivity contribution in [2.24, 2.45) is 35.5 Å². The number of hydrogen-bond donors (Lipinski definition) is 3. The standard InChI is InChI=1S/C75H116F8N12O14/c1-13-44(4)62-70(105)89(7)43-60(98)91(9)54-24-17-16-20-33-94(69(54)104)57(38-45-25-28-48(29-26-45)74(78,79)80)68(103)88(6)42-58(96)84-52(30-27-46-36-50(76)61(51(77)37-46)75(81,82)83)66(101)95-41-49(109-15-3)39-55(95)65(100)86-73(31-21-32-73)72(107)93(11)63(47-22-18-19-23-47)71(106)92(10)56(67(102)87(5)34-35-108-12)40-59(97)90(8)53(14-2)64(99)85-62/h16-17,44-57,61-63H,13-15,18-43H2,1-12H3,(H,84,96)(H,85,99)(H,86,100)/b17-16-/t44-,45?,46?,48?,49+,50?,51?,52-,53-,54-,55-,56-,57-,61?,62-,63-/m0/s1. The van der Waals surface area contributed by atoms with Gasteiger partial charge in [-0.05, 0) is 140 Å². The molecule has 3 heterocycles. The highest BCUT2D eigenvalue weighted by Crippen LogP contribution is 2.46. The van der Waals surface area contributed by atoms with Crippen molar-refractivity contribution in [3.8, 4) is 0 Å². The maximum Gasteiger partial charge on any atom is 0.397 e. The summed E-state index contributed by atoms with van der Waals surface area (Å²) in [5.74, 6) is -17.0. The zero-order valence-corrected chi connectivity index (χ0v) is 65.2. The minimum Gasteiger partial charge on any atom is -0.383 e. The summed E-state index contributed by atoms with van der Waals surface area (Å²) in [6, 6.07) is -11.5. The number of carbonyl (C=O) groups excluding carboxylic acids is 12. The van der Waals surface area contributed by atoms with Gasteiger partial charge in [0.05, 0.1) is 38.1 Å². The number of nitrogens with one attached hydrogen (secondary N) is 3. The molecule has 0 aromatic carbocycles. The third kappa shape index (κ3) is 21.7. The molecule has 0 radical (unpaired) electrons. The van der Waals surface area contributed by atoms with E-state index in [0.29, 0.717) is 38.5 Å². The second-order valence-electron chi connectivity index (χ2n) is 31.5. The van der Waals surface area contributed by atoms with Crippen molar-refractivity contribution in [3.05, 3.63) is 12.2 Å². The number of ether oxygens (including phenoxy) is 2. The van der Waals surface area contributed by atoms with Gasteiger partial charge >= 0.3 is 12.4 Å². The molecule has 0 aromatic heterocycles. The van der Waals surface area contributed by atoms with E-state index in [0.717, 1.165) is 29.4 Å². The average Bonchev–Trinajstić information content (AvgIpc) is 1.72. The molecule has 0 aromatic rings. The summed E-state index contributed by atoms with van der Waals surface area (Å²) >= 11 is 0. The van der Waals surface area contributed by atoms with Crippen molar-refractivity contribution in [1.82, 2.24) is 60.0 Å². The fourth-order valence-corrected chi connectivity index (χ4v) is 17.0. The van der Waals surface area contributed by atoms with Crippen LogP contribution in [0.25, 0.3) is 0 Å². The molecular formula is C75H116F8N12O14. The lowest BCUT2D eigenvalue weighted by Gasteiger charge is -2.46. The number of halogens is 8. The molecule has 26 nitrogen and oxygen atoms in total. The SMILES string of the molecule is CCO[C@@H]1C[C@H]2C(=O)NC3(CCC3)C(=O)N(C)[C@@H](C3CCCC3)C(=O)N(C)[C@H](C(=O)N(C)CCOC)CC(=O)N(C)[C@@H](CC)C(=O)N[C@@H]([C@@H](C)CC)C(=O)N(C)CC(=O)N(C)[C@H]3C/C=C\CCN(C3=O)[C@@H](CC3CCC(C(F)(F)F)CC3)C(=O)N(C)CC(=O)N[C@@H](CCC3CC(F)C(C(F)(F)F)C(F)C3)C(=O)N2C1. The molecule has 12 atom stereocenters. The molecule has 4 aliphatic carbocycles. The van der Waals surface area contributed by atoms with Crippen LogP contribution < -0.4 is 16.0 Å². The molecule has 2 unspecified atom stereocenters. The van der Waals surface area contributed by atoms with Crippen molar-refractivity contribution in [2.45, 2.75) is 254 Å². The van der Waals surface area contributed by atoms with Crippen molar-refractivity contribution >= 4 is 70.9 Å². The molecule has 34 heteroatoms. The van der Waals surface area contributed by atoms with Gasteiger partial charge in [-0.2, -0.15) is 26.3 Å². The van der Waals surface area contributed by atoms with Gasteiger partial charge < -0.3 is 69.5 Å². The van der Waals surface area contributed by atoms with Crippen LogP contribution in [0.15, 0.2) is 12.2 Å². The minimum atomic E-state index is -5.22. The Kier molecular flexibility index (Phi) is 31.7. The predicted molar refractivity (Wildman–Crippen MR) is 383 cm³/mol. The first-order valence-corrected chi connectivity index (χ1v) is 38.8. The van der Waals surface area contributed by atoms with Crippen molar-refractivity contribution in [1.29, 1.82) is 0 Å². The summed E-state index contributed by atoms with van der Waals surface area (Å²) in [5.41, 5.74) is -1.71. The summed E-state index contributed by atoms with van der Waals surface area (Å²) in [6.07, 6.45) is -13.5. The van der Waals surface area contributed by atoms with Gasteiger partial charge in [-0.3, -0.25) is 57.5 Å². The van der Waals surface area contributed by atoms with Gasteiger partial charge in [0.1, 0.15) is 72.1 Å². The smallest absolute Gasteiger partial charge is 0.383 e. The summed E-state index contributed by atoms with van der Waals surface area (Å²) in [6.45, 7) is 4.89. The highest BCUT2D eigenvalue weighted by molar-refractivity contribution is 6.01. The van der Waals surface area contributed by atoms with Crippen LogP contribution in [0.4, 0.5) is 35.1 Å². The number of hydrogen-bond acceptors (Lipinski definition) is 14. The number of methoxy groups -OCH3 is 1. The third-order valence-electron chi connectivity index (χ3n) is 24.2. The Balaban J connectivity index is 1.32. The number of alkyl halides is 8. The molecule has 12 amide bonds. The molecular weight excluding hydrogens is 1440 g/mol. The molecule has 7 aliphatic rings. The molecule has 2 bridgehead atoms. The van der Waals surface area contributed by atoms with Crippen molar-refractivity contribution in [2.75, 3.05) is 102 Å². The average molecular weight is 1560 g/mol. The van der Waals surface area contributed by atoms with Crippen LogP contribution in [0, 0.1) is 35.5 Å². The van der Waals surface area contributed by atoms with Gasteiger partial charge in [-0.1, -0.05) is 52.2 Å². The second kappa shape index (κ2) is 38.8. The Labute approximate surface area is 634 Å². The summed E-state index contributed by atoms with van der Waals surface area (Å²) in [7, 11) is 10.8. The lowest BCUT2D eigenvalue weighted by molar-refractivity contribution is -0.219. The highest BCUT2D eigenvalue weighted by Gasteiger charge is 2.56. The normalized spacial score (nSPS) is 31.7. The monoisotopic (exact) mass is 1560 g/mol. The Morgan fingerprint density at radius 1 is 0.661 bits per heavy atom. The number of carbonyl (C=O) groups is 12. The Morgan fingerprint density at radius 3 is 1.86 bits per heavy atom. The molecule has 109 heavy (non-hydrogen) atoms. The zero-order valence-electron chi connectivity index (χ0n) is 65.2. The van der Waals surface area contributed by atoms with Crippen LogP contribution in [0.2, 0.25) is 0 Å². The van der Waals surface area contributed by atoms with Crippen molar-refractivity contribution < 1.29 is 102 Å². The Morgan fingerprint density at radius 2 is 1.29 bits per heavy atom. The topological polar surface area (TPSA) is 289 Å². The van der Waals surface area contributed by atoms with E-state index in [-0.39, 0.29) is 110 Å². The van der Waals surface area contributed by atoms with Crippen LogP contribution in [0.3, 0.4) is 0 Å². The molecule has 1 spiro atoms. The van der Waals surface area contributed by atoms with Crippen LogP contribution >= 0.6 is 0 Å². The third-order valence-corrected chi connectivity index (χ3v) is 24.2. The molecule has 616 valence electrons. The van der Waals surface area contributed by atoms with E-state index in [4.69, 9.17) is 9.47 Å². The predicted octanol–water partition coefficient (Wildman–Crippen LogP) is 5.73. The van der Waals surface area contributed by atoms with Crippen LogP contribution in [0.1, 0.15) is 169 Å². The van der Waals surface area contributed by atoms with Crippen molar-refractivity contribution in [3.63, 3.8) is 0 Å². The maximum atomic E-state index is 15.6. The van der Waals surface area contributed by atoms with Gasteiger partial charge in [0.15, 0.2) is 0 Å². The fourth-order valence-electron chi connectivity index (χ4n) is 17.0. The molecule has 4 saturated carbocycles. The highest BCUT2D eigenvalue weighted by atomic mass is 19.4. The molecule has 2 saturated heterocycles. The van der Waals surface area contributed by atoms with E-state index >= 15 is 37.5 Å². The van der Waals surface area contributed by atoms with E-state index < -0.39 is 230 Å². The first-order chi connectivity index (χ1) is 51.2. The molecule has 3 aliphatic heterocycles. The lowest BCUT2D eigenvalue weighted by atomic mass is 9.74. The van der Waals surface area contributed by atoms with Gasteiger partial charge in [0, 0.05) is 89.1 Å². The van der Waals surface area contributed by atoms with E-state index in [1.54, 1.807) is 39.8 Å². The minimum absolute atomic E-state index is 0.00736. The van der Waals surface area contributed by atoms with E-state index in [1.165, 1.54) is 71.1 Å². The number of rotatable bonds is 15. The number of likely N-dealkylation sites (N-methyl/N-ethyl adjacent to an activating group) is 7. The summed E-state index contributed by atoms with van der Waals surface area (Å²) in [5, 5.41) is 8.36. The first kappa shape index (κ1) is 88.9. The molecule has 6 fully saturated rings. The number of amides is 12. The fraction of sp³-hybridized carbons (Fsp3) is 0.813. The Bertz CT molecular complexity index is 3230. The van der Waals surface area contributed by atoms with Crippen LogP contribution in [0.5, 0.6) is 0 Å². The molecule has 7 rings (SSSR count). The van der Waals surface area contributed by atoms with E-state index in [1.807, 2.05) is 0 Å². The van der Waals surface area contributed by atoms with Gasteiger partial charge in [0.2, 0.25) is 70.9 Å². The largest absolute Gasteiger partial charge is 0.397 e. The zero-order chi connectivity index (χ0) is 80.9.